The number of carbonyl (C=O) groups is 1. The molecule has 0 spiro atoms. The van der Waals surface area contributed by atoms with E-state index in [-0.39, 0.29) is 17.8 Å². The van der Waals surface area contributed by atoms with Gasteiger partial charge in [-0.1, -0.05) is 0 Å². The van der Waals surface area contributed by atoms with Crippen LogP contribution in [0.5, 0.6) is 0 Å². The summed E-state index contributed by atoms with van der Waals surface area (Å²) >= 11 is 0. The van der Waals surface area contributed by atoms with Gasteiger partial charge in [-0.05, 0) is 19.1 Å². The first-order valence-corrected chi connectivity index (χ1v) is 6.36. The number of aryl methyl sites for hydroxylation is 1. The third-order valence-corrected chi connectivity index (χ3v) is 3.33. The van der Waals surface area contributed by atoms with Gasteiger partial charge in [0.2, 0.25) is 0 Å². The van der Waals surface area contributed by atoms with Crippen LogP contribution in [0.25, 0.3) is 0 Å². The molecule has 0 saturated carbocycles. The maximum Gasteiger partial charge on any atom is 0.251 e. The minimum Gasteiger partial charge on any atom is -0.383 e. The molecule has 0 aliphatic heterocycles. The zero-order valence-corrected chi connectivity index (χ0v) is 12.0. The Morgan fingerprint density at radius 1 is 1.33 bits per heavy atom. The predicted molar refractivity (Wildman–Crippen MR) is 75.0 cm³/mol. The molecule has 0 unspecified atom stereocenters. The largest absolute Gasteiger partial charge is 0.383 e. The van der Waals surface area contributed by atoms with Crippen LogP contribution in [0.15, 0.2) is 18.3 Å². The molecule has 21 heavy (non-hydrogen) atoms. The molecule has 1 aromatic heterocycles. The lowest BCUT2D eigenvalue weighted by Gasteiger charge is -2.08. The number of nitrogens with zero attached hydrogens (tertiary/aromatic N) is 2. The monoisotopic (exact) mass is 294 g/mol. The van der Waals surface area contributed by atoms with Crippen molar-refractivity contribution in [3.8, 4) is 0 Å². The van der Waals surface area contributed by atoms with Gasteiger partial charge < -0.3 is 10.6 Å². The summed E-state index contributed by atoms with van der Waals surface area (Å²) in [5.41, 5.74) is 1.44. The molecule has 112 valence electrons. The Kier molecular flexibility index (Phi) is 4.21. The van der Waals surface area contributed by atoms with Crippen LogP contribution in [0.3, 0.4) is 0 Å². The summed E-state index contributed by atoms with van der Waals surface area (Å²) in [6.45, 7) is 2.12. The Morgan fingerprint density at radius 3 is 2.43 bits per heavy atom. The highest BCUT2D eigenvalue weighted by Gasteiger charge is 2.14. The maximum absolute atomic E-state index is 13.6. The molecule has 5 nitrogen and oxygen atoms in total. The molecular weight excluding hydrogens is 278 g/mol. The number of hydrogen-bond acceptors (Lipinski definition) is 3. The van der Waals surface area contributed by atoms with Crippen molar-refractivity contribution in [2.24, 2.45) is 7.05 Å². The van der Waals surface area contributed by atoms with E-state index >= 15 is 0 Å². The lowest BCUT2D eigenvalue weighted by Crippen LogP contribution is -2.23. The van der Waals surface area contributed by atoms with Crippen molar-refractivity contribution in [3.63, 3.8) is 0 Å². The molecule has 0 aliphatic carbocycles. The second kappa shape index (κ2) is 5.90. The van der Waals surface area contributed by atoms with Crippen LogP contribution in [0.4, 0.5) is 14.5 Å². The van der Waals surface area contributed by atoms with Crippen molar-refractivity contribution in [2.45, 2.75) is 13.5 Å². The fraction of sp³-hybridized carbons (Fsp3) is 0.286. The first-order chi connectivity index (χ1) is 9.93. The molecule has 1 amide bonds. The van der Waals surface area contributed by atoms with E-state index in [0.29, 0.717) is 0 Å². The summed E-state index contributed by atoms with van der Waals surface area (Å²) in [6, 6.07) is 2.00. The van der Waals surface area contributed by atoms with Gasteiger partial charge in [-0.25, -0.2) is 8.78 Å². The van der Waals surface area contributed by atoms with Gasteiger partial charge in [0.1, 0.15) is 17.3 Å². The maximum atomic E-state index is 13.6. The van der Waals surface area contributed by atoms with Crippen molar-refractivity contribution in [1.82, 2.24) is 15.1 Å². The average molecular weight is 294 g/mol. The highest BCUT2D eigenvalue weighted by Crippen LogP contribution is 2.20. The van der Waals surface area contributed by atoms with Gasteiger partial charge in [-0.2, -0.15) is 5.10 Å². The number of carbonyl (C=O) groups excluding carboxylic acids is 1. The topological polar surface area (TPSA) is 59.0 Å². The molecule has 1 aromatic carbocycles. The van der Waals surface area contributed by atoms with E-state index in [1.807, 2.05) is 6.92 Å². The molecule has 0 radical (unpaired) electrons. The minimum absolute atomic E-state index is 0.0643. The van der Waals surface area contributed by atoms with Gasteiger partial charge in [0.15, 0.2) is 0 Å². The number of amides is 1. The van der Waals surface area contributed by atoms with Gasteiger partial charge in [0.05, 0.1) is 6.20 Å². The summed E-state index contributed by atoms with van der Waals surface area (Å²) < 4.78 is 28.9. The first-order valence-electron chi connectivity index (χ1n) is 6.36. The second-order valence-electron chi connectivity index (χ2n) is 4.63. The molecule has 7 heteroatoms. The standard InChI is InChI=1S/C14H16F2N4O/c1-8-10(7-19-20(8)3)6-18-14(21)9-4-11(15)13(17-2)12(16)5-9/h4-5,7,17H,6H2,1-3H3,(H,18,21). The van der Waals surface area contributed by atoms with Gasteiger partial charge in [-0.3, -0.25) is 9.48 Å². The lowest BCUT2D eigenvalue weighted by atomic mass is 10.1. The van der Waals surface area contributed by atoms with E-state index in [1.165, 1.54) is 7.05 Å². The minimum atomic E-state index is -0.805. The van der Waals surface area contributed by atoms with Gasteiger partial charge in [0.25, 0.3) is 5.91 Å². The van der Waals surface area contributed by atoms with Crippen LogP contribution < -0.4 is 10.6 Å². The zero-order valence-electron chi connectivity index (χ0n) is 12.0. The Morgan fingerprint density at radius 2 is 1.95 bits per heavy atom. The molecule has 0 bridgehead atoms. The van der Waals surface area contributed by atoms with Crippen LogP contribution in [0, 0.1) is 18.6 Å². The van der Waals surface area contributed by atoms with Crippen molar-refractivity contribution in [2.75, 3.05) is 12.4 Å². The zero-order chi connectivity index (χ0) is 15.6. The summed E-state index contributed by atoms with van der Waals surface area (Å²) in [5.74, 6) is -2.15. The van der Waals surface area contributed by atoms with E-state index in [0.717, 1.165) is 23.4 Å². The normalized spacial score (nSPS) is 10.5. The SMILES string of the molecule is CNc1c(F)cc(C(=O)NCc2cnn(C)c2C)cc1F. The number of aromatic nitrogens is 2. The molecule has 0 fully saturated rings. The average Bonchev–Trinajstić information content (AvgIpc) is 2.76. The molecular formula is C14H16F2N4O. The number of anilines is 1. The molecule has 2 aromatic rings. The Labute approximate surface area is 121 Å². The Bertz CT molecular complexity index is 659. The van der Waals surface area contributed by atoms with Gasteiger partial charge in [-0.15, -0.1) is 0 Å². The predicted octanol–water partition coefficient (Wildman–Crippen LogP) is 1.98. The third kappa shape index (κ3) is 3.01. The molecule has 2 rings (SSSR count). The van der Waals surface area contributed by atoms with E-state index in [1.54, 1.807) is 17.9 Å². The molecule has 0 atom stereocenters. The highest BCUT2D eigenvalue weighted by atomic mass is 19.1. The third-order valence-electron chi connectivity index (χ3n) is 3.33. The van der Waals surface area contributed by atoms with Crippen molar-refractivity contribution >= 4 is 11.6 Å². The van der Waals surface area contributed by atoms with E-state index < -0.39 is 17.5 Å². The quantitative estimate of drug-likeness (QED) is 0.906. The van der Waals surface area contributed by atoms with Gasteiger partial charge in [0, 0.05) is 37.5 Å². The first kappa shape index (κ1) is 15.0. The number of benzene rings is 1. The van der Waals surface area contributed by atoms with E-state index in [2.05, 4.69) is 15.7 Å². The molecule has 0 aliphatic rings. The summed E-state index contributed by atoms with van der Waals surface area (Å²) in [5, 5.41) is 9.08. The highest BCUT2D eigenvalue weighted by molar-refractivity contribution is 5.94. The van der Waals surface area contributed by atoms with Crippen molar-refractivity contribution in [3.05, 3.63) is 46.8 Å². The summed E-state index contributed by atoms with van der Waals surface area (Å²) in [6.07, 6.45) is 1.64. The van der Waals surface area contributed by atoms with Crippen molar-refractivity contribution < 1.29 is 13.6 Å². The van der Waals surface area contributed by atoms with Crippen LogP contribution in [-0.2, 0) is 13.6 Å². The Hall–Kier alpha value is -2.44. The molecule has 2 N–H and O–H groups in total. The van der Waals surface area contributed by atoms with E-state index in [9.17, 15) is 13.6 Å². The Balaban J connectivity index is 2.12. The van der Waals surface area contributed by atoms with Gasteiger partial charge >= 0.3 is 0 Å². The fourth-order valence-corrected chi connectivity index (χ4v) is 1.94. The van der Waals surface area contributed by atoms with Crippen LogP contribution >= 0.6 is 0 Å². The van der Waals surface area contributed by atoms with Crippen LogP contribution in [0.1, 0.15) is 21.6 Å². The number of rotatable bonds is 4. The van der Waals surface area contributed by atoms with Crippen LogP contribution in [-0.4, -0.2) is 22.7 Å². The number of nitrogens with one attached hydrogen (secondary N) is 2. The summed E-state index contributed by atoms with van der Waals surface area (Å²) in [4.78, 5) is 11.9. The smallest absolute Gasteiger partial charge is 0.251 e. The van der Waals surface area contributed by atoms with Crippen LogP contribution in [0.2, 0.25) is 0 Å². The fourth-order valence-electron chi connectivity index (χ4n) is 1.94. The lowest BCUT2D eigenvalue weighted by molar-refractivity contribution is 0.0950. The van der Waals surface area contributed by atoms with Crippen molar-refractivity contribution in [1.29, 1.82) is 0 Å². The second-order valence-corrected chi connectivity index (χ2v) is 4.63. The van der Waals surface area contributed by atoms with E-state index in [4.69, 9.17) is 0 Å². The number of halogens is 2. The molecule has 1 heterocycles. The summed E-state index contributed by atoms with van der Waals surface area (Å²) in [7, 11) is 3.20. The number of hydrogen-bond donors (Lipinski definition) is 2. The molecule has 0 saturated heterocycles.